The van der Waals surface area contributed by atoms with Crippen molar-refractivity contribution in [2.24, 2.45) is 0 Å². The molecule has 144 valence electrons. The number of thiophene rings is 1. The normalized spacial score (nSPS) is 11.2. The van der Waals surface area contributed by atoms with Gasteiger partial charge in [-0.2, -0.15) is 0 Å². The number of hydrogen-bond donors (Lipinski definition) is 0. The highest BCUT2D eigenvalue weighted by atomic mass is 79.9. The molecule has 0 unspecified atom stereocenters. The van der Waals surface area contributed by atoms with Crippen LogP contribution in [-0.4, -0.2) is 20.7 Å². The summed E-state index contributed by atoms with van der Waals surface area (Å²) in [5.41, 5.74) is 0.926. The van der Waals surface area contributed by atoms with Gasteiger partial charge in [0, 0.05) is 17.6 Å². The molecule has 4 aromatic rings. The van der Waals surface area contributed by atoms with Crippen LogP contribution in [0.3, 0.4) is 0 Å². The lowest BCUT2D eigenvalue weighted by molar-refractivity contribution is -0.145. The Labute approximate surface area is 174 Å². The van der Waals surface area contributed by atoms with Crippen LogP contribution in [0.15, 0.2) is 47.7 Å². The topological polar surface area (TPSA) is 100 Å². The zero-order chi connectivity index (χ0) is 19.7. The van der Waals surface area contributed by atoms with Crippen LogP contribution in [0.4, 0.5) is 0 Å². The molecule has 0 aliphatic carbocycles. The average molecular weight is 485 g/mol. The van der Waals surface area contributed by atoms with E-state index in [1.807, 2.05) is 12.1 Å². The van der Waals surface area contributed by atoms with Crippen LogP contribution >= 0.6 is 38.9 Å². The lowest BCUT2D eigenvalue weighted by Crippen LogP contribution is -2.17. The van der Waals surface area contributed by atoms with Crippen LogP contribution in [0.1, 0.15) is 12.3 Å². The van der Waals surface area contributed by atoms with Gasteiger partial charge in [0.15, 0.2) is 12.2 Å². The molecule has 0 atom stereocenters. The van der Waals surface area contributed by atoms with E-state index < -0.39 is 11.7 Å². The second-order valence-electron chi connectivity index (χ2n) is 5.65. The number of halogens is 2. The Kier molecular flexibility index (Phi) is 5.33. The van der Waals surface area contributed by atoms with Gasteiger partial charge < -0.3 is 13.6 Å². The molecule has 3 aromatic heterocycles. The summed E-state index contributed by atoms with van der Waals surface area (Å²) in [6.07, 6.45) is -0.0178. The smallest absolute Gasteiger partial charge is 0.419 e. The van der Waals surface area contributed by atoms with Crippen molar-refractivity contribution in [1.29, 1.82) is 0 Å². The second-order valence-corrected chi connectivity index (χ2v) is 8.55. The van der Waals surface area contributed by atoms with Gasteiger partial charge in [0.2, 0.25) is 0 Å². The highest BCUT2D eigenvalue weighted by molar-refractivity contribution is 9.11. The Hall–Kier alpha value is -2.43. The number of esters is 1. The fraction of sp³-hybridized carbons (Fsp3) is 0.176. The second kappa shape index (κ2) is 7.90. The predicted octanol–water partition coefficient (Wildman–Crippen LogP) is 4.26. The maximum atomic E-state index is 12.0. The van der Waals surface area contributed by atoms with E-state index in [2.05, 4.69) is 26.1 Å². The van der Waals surface area contributed by atoms with Crippen molar-refractivity contribution < 1.29 is 18.4 Å². The highest BCUT2D eigenvalue weighted by Gasteiger charge is 2.14. The van der Waals surface area contributed by atoms with Gasteiger partial charge >= 0.3 is 11.7 Å². The first kappa shape index (κ1) is 18.9. The first-order chi connectivity index (χ1) is 13.5. The number of carbonyl (C=O) groups is 1. The minimum absolute atomic E-state index is 0.0178. The lowest BCUT2D eigenvalue weighted by atomic mass is 10.3. The number of fused-ring (bicyclic) bond motifs is 1. The van der Waals surface area contributed by atoms with Crippen LogP contribution < -0.4 is 5.76 Å². The summed E-state index contributed by atoms with van der Waals surface area (Å²) in [4.78, 5) is 24.8. The largest absolute Gasteiger partial charge is 0.456 e. The molecule has 0 N–H and O–H groups in total. The molecule has 0 radical (unpaired) electrons. The van der Waals surface area contributed by atoms with Gasteiger partial charge in [-0.25, -0.2) is 4.79 Å². The lowest BCUT2D eigenvalue weighted by Gasteiger charge is -2.03. The van der Waals surface area contributed by atoms with Gasteiger partial charge in [-0.15, -0.1) is 21.5 Å². The maximum Gasteiger partial charge on any atom is 0.419 e. The van der Waals surface area contributed by atoms with Crippen LogP contribution in [-0.2, 0) is 22.7 Å². The fourth-order valence-corrected chi connectivity index (χ4v) is 3.98. The van der Waals surface area contributed by atoms with E-state index in [1.165, 1.54) is 15.9 Å². The first-order valence-electron chi connectivity index (χ1n) is 8.02. The number of hydrogen-bond acceptors (Lipinski definition) is 8. The van der Waals surface area contributed by atoms with Crippen molar-refractivity contribution in [3.63, 3.8) is 0 Å². The van der Waals surface area contributed by atoms with E-state index in [1.54, 1.807) is 18.2 Å². The van der Waals surface area contributed by atoms with Gasteiger partial charge in [0.05, 0.1) is 20.6 Å². The average Bonchev–Trinajstić information content (AvgIpc) is 3.36. The van der Waals surface area contributed by atoms with Gasteiger partial charge in [0.25, 0.3) is 11.8 Å². The van der Waals surface area contributed by atoms with Crippen molar-refractivity contribution in [2.45, 2.75) is 19.6 Å². The number of aromatic nitrogens is 3. The molecule has 4 rings (SSSR count). The molecule has 11 heteroatoms. The summed E-state index contributed by atoms with van der Waals surface area (Å²) in [6.45, 7) is -0.0282. The molecule has 0 bridgehead atoms. The molecule has 3 heterocycles. The summed E-state index contributed by atoms with van der Waals surface area (Å²) in [5, 5.41) is 8.25. The molecule has 0 aliphatic heterocycles. The molecule has 0 fully saturated rings. The zero-order valence-corrected chi connectivity index (χ0v) is 17.2. The molecule has 0 amide bonds. The number of nitrogens with zero attached hydrogens (tertiary/aromatic N) is 3. The number of carbonyl (C=O) groups excluding carboxylic acids is 1. The fourth-order valence-electron chi connectivity index (χ4n) is 2.51. The van der Waals surface area contributed by atoms with E-state index in [0.717, 1.165) is 8.66 Å². The molecule has 28 heavy (non-hydrogen) atoms. The third-order valence-electron chi connectivity index (χ3n) is 3.78. The van der Waals surface area contributed by atoms with Crippen LogP contribution in [0.5, 0.6) is 0 Å². The Morgan fingerprint density at radius 2 is 2.11 bits per heavy atom. The van der Waals surface area contributed by atoms with E-state index in [0.29, 0.717) is 22.0 Å². The molecular weight excluding hydrogens is 474 g/mol. The standard InChI is InChI=1S/C17H11BrClN3O5S/c18-13-4-3-12(28-13)16-21-20-14(27-16)8-25-15(23)5-6-22-10-2-1-9(19)7-11(10)26-17(22)24/h1-4,7H,5-6,8H2. The van der Waals surface area contributed by atoms with Crippen LogP contribution in [0, 0.1) is 0 Å². The molecule has 0 aliphatic rings. The Balaban J connectivity index is 1.35. The third kappa shape index (κ3) is 4.03. The van der Waals surface area contributed by atoms with E-state index >= 15 is 0 Å². The highest BCUT2D eigenvalue weighted by Crippen LogP contribution is 2.30. The van der Waals surface area contributed by atoms with Gasteiger partial charge in [-0.3, -0.25) is 9.36 Å². The monoisotopic (exact) mass is 483 g/mol. The van der Waals surface area contributed by atoms with Gasteiger partial charge in [-0.1, -0.05) is 11.6 Å². The van der Waals surface area contributed by atoms with E-state index in [-0.39, 0.29) is 25.5 Å². The number of ether oxygens (including phenoxy) is 1. The summed E-state index contributed by atoms with van der Waals surface area (Å²) in [6, 6.07) is 8.58. The summed E-state index contributed by atoms with van der Waals surface area (Å²) < 4.78 is 18.0. The maximum absolute atomic E-state index is 12.0. The Morgan fingerprint density at radius 1 is 1.25 bits per heavy atom. The van der Waals surface area contributed by atoms with Crippen molar-refractivity contribution in [3.8, 4) is 10.8 Å². The van der Waals surface area contributed by atoms with Crippen molar-refractivity contribution in [2.75, 3.05) is 0 Å². The van der Waals surface area contributed by atoms with Gasteiger partial charge in [0.1, 0.15) is 0 Å². The molecular formula is C17H11BrClN3O5S. The predicted molar refractivity (Wildman–Crippen MR) is 105 cm³/mol. The first-order valence-corrected chi connectivity index (χ1v) is 10.0. The van der Waals surface area contributed by atoms with Crippen molar-refractivity contribution in [3.05, 3.63) is 55.6 Å². The van der Waals surface area contributed by atoms with Crippen LogP contribution in [0.2, 0.25) is 5.02 Å². The molecule has 8 nitrogen and oxygen atoms in total. The molecule has 0 saturated heterocycles. The molecule has 0 saturated carbocycles. The quantitative estimate of drug-likeness (QED) is 0.377. The number of rotatable bonds is 6. The summed E-state index contributed by atoms with van der Waals surface area (Å²) in [5.74, 6) is -0.521. The van der Waals surface area contributed by atoms with Crippen LogP contribution in [0.25, 0.3) is 21.9 Å². The third-order valence-corrected chi connectivity index (χ3v) is 5.62. The number of aryl methyl sites for hydroxylation is 1. The van der Waals surface area contributed by atoms with E-state index in [9.17, 15) is 9.59 Å². The van der Waals surface area contributed by atoms with Gasteiger partial charge in [-0.05, 0) is 40.2 Å². The summed E-state index contributed by atoms with van der Waals surface area (Å²) >= 11 is 10.7. The minimum Gasteiger partial charge on any atom is -0.456 e. The Bertz CT molecular complexity index is 1210. The Morgan fingerprint density at radius 3 is 2.89 bits per heavy atom. The minimum atomic E-state index is -0.561. The molecule has 0 spiro atoms. The van der Waals surface area contributed by atoms with Crippen molar-refractivity contribution in [1.82, 2.24) is 14.8 Å². The van der Waals surface area contributed by atoms with Crippen molar-refractivity contribution >= 4 is 55.9 Å². The SMILES string of the molecule is O=C(CCn1c(=O)oc2cc(Cl)ccc21)OCc1nnc(-c2ccc(Br)s2)o1. The summed E-state index contributed by atoms with van der Waals surface area (Å²) in [7, 11) is 0. The zero-order valence-electron chi connectivity index (χ0n) is 14.1. The number of benzene rings is 1. The number of oxazole rings is 1. The van der Waals surface area contributed by atoms with E-state index in [4.69, 9.17) is 25.2 Å². The molecule has 1 aromatic carbocycles.